The quantitative estimate of drug-likeness (QED) is 0.359. The average molecular weight is 469 g/mol. The number of hydrogen-bond donors (Lipinski definition) is 3. The van der Waals surface area contributed by atoms with Gasteiger partial charge in [-0.25, -0.2) is 10.4 Å². The van der Waals surface area contributed by atoms with Crippen molar-refractivity contribution >= 4 is 68.5 Å². The van der Waals surface area contributed by atoms with Gasteiger partial charge in [0.2, 0.25) is 0 Å². The Bertz CT molecular complexity index is 877. The molecule has 0 saturated heterocycles. The largest absolute Gasteiger partial charge is 0.503 e. The molecule has 2 rings (SSSR count). The Kier molecular flexibility index (Phi) is 6.34. The summed E-state index contributed by atoms with van der Waals surface area (Å²) < 4.78 is 5.42. The summed E-state index contributed by atoms with van der Waals surface area (Å²) in [6.45, 7) is 0. The minimum absolute atomic E-state index is 0.0345. The summed E-state index contributed by atoms with van der Waals surface area (Å²) >= 11 is 20.7. The smallest absolute Gasteiger partial charge is 0.291 e. The van der Waals surface area contributed by atoms with Crippen molar-refractivity contribution in [2.45, 2.75) is 0 Å². The zero-order chi connectivity index (χ0) is 18.7. The molecule has 0 aliphatic heterocycles. The second-order valence-electron chi connectivity index (χ2n) is 4.55. The normalized spacial score (nSPS) is 10.9. The van der Waals surface area contributed by atoms with Gasteiger partial charge >= 0.3 is 0 Å². The molecule has 0 radical (unpaired) electrons. The van der Waals surface area contributed by atoms with E-state index >= 15 is 0 Å². The van der Waals surface area contributed by atoms with Crippen LogP contribution in [-0.2, 0) is 0 Å². The summed E-state index contributed by atoms with van der Waals surface area (Å²) in [7, 11) is 1.41. The Hall–Kier alpha value is -1.74. The number of aromatic hydroxyl groups is 1. The Labute approximate surface area is 165 Å². The number of carbonyl (C=O) groups excluding carboxylic acids is 1. The molecule has 7 nitrogen and oxygen atoms in total. The van der Waals surface area contributed by atoms with Gasteiger partial charge in [0, 0.05) is 0 Å². The molecular weight excluding hydrogens is 458 g/mol. The fraction of sp³-hybridized carbons (Fsp3) is 0.0714. The summed E-state index contributed by atoms with van der Waals surface area (Å²) in [6, 6.07) is 3.11. The number of nitrogen functional groups attached to an aromatic ring is 1. The number of methoxy groups -OCH3 is 1. The number of rotatable bonds is 4. The highest BCUT2D eigenvalue weighted by molar-refractivity contribution is 9.10. The number of halogens is 4. The third kappa shape index (κ3) is 4.27. The van der Waals surface area contributed by atoms with Crippen LogP contribution in [0, 0.1) is 0 Å². The summed E-state index contributed by atoms with van der Waals surface area (Å²) in [5.74, 6) is -0.536. The monoisotopic (exact) mass is 466 g/mol. The topological polar surface area (TPSA) is 110 Å². The standard InChI is InChI=1S/C14H10BrCl3N4O3/c1-25-7-3-5(2-6(15)12(7)23)4-20-22-14(24)11-8(16)10(19)9(17)13(18)21-11/h2-4,23H,1H3,(H2,19,21)(H,22,24)/b20-4+. The van der Waals surface area contributed by atoms with Gasteiger partial charge in [-0.3, -0.25) is 4.79 Å². The fourth-order valence-corrected chi connectivity index (χ4v) is 2.78. The lowest BCUT2D eigenvalue weighted by Crippen LogP contribution is -2.20. The molecule has 0 unspecified atom stereocenters. The molecule has 11 heteroatoms. The van der Waals surface area contributed by atoms with Crippen LogP contribution in [0.5, 0.6) is 11.5 Å². The van der Waals surface area contributed by atoms with E-state index in [-0.39, 0.29) is 38.1 Å². The number of hydrogen-bond acceptors (Lipinski definition) is 6. The van der Waals surface area contributed by atoms with Crippen LogP contribution in [0.4, 0.5) is 5.69 Å². The van der Waals surface area contributed by atoms with Crippen LogP contribution in [0.25, 0.3) is 0 Å². The third-order valence-electron chi connectivity index (χ3n) is 2.94. The van der Waals surface area contributed by atoms with Gasteiger partial charge in [-0.1, -0.05) is 34.8 Å². The molecule has 0 bridgehead atoms. The summed E-state index contributed by atoms with van der Waals surface area (Å²) in [4.78, 5) is 15.9. The minimum Gasteiger partial charge on any atom is -0.503 e. The number of aromatic nitrogens is 1. The predicted octanol–water partition coefficient (Wildman–Crippen LogP) is 3.86. The number of phenolic OH excluding ortho intramolecular Hbond substituents is 1. The van der Waals surface area contributed by atoms with Gasteiger partial charge in [-0.05, 0) is 33.6 Å². The van der Waals surface area contributed by atoms with Crippen LogP contribution < -0.4 is 15.9 Å². The molecule has 1 heterocycles. The number of nitrogens with zero attached hydrogens (tertiary/aromatic N) is 2. The maximum absolute atomic E-state index is 12.1. The number of hydrazone groups is 1. The maximum Gasteiger partial charge on any atom is 0.291 e. The van der Waals surface area contributed by atoms with Crippen LogP contribution in [0.15, 0.2) is 21.7 Å². The van der Waals surface area contributed by atoms with Gasteiger partial charge in [0.15, 0.2) is 22.3 Å². The summed E-state index contributed by atoms with van der Waals surface area (Å²) in [6.07, 6.45) is 1.33. The minimum atomic E-state index is -0.726. The molecule has 0 saturated carbocycles. The lowest BCUT2D eigenvalue weighted by Gasteiger charge is -2.08. The molecule has 1 aromatic heterocycles. The summed E-state index contributed by atoms with van der Waals surface area (Å²) in [5.41, 5.74) is 8.18. The lowest BCUT2D eigenvalue weighted by molar-refractivity contribution is 0.0950. The van der Waals surface area contributed by atoms with Crippen molar-refractivity contribution in [2.24, 2.45) is 5.10 Å². The first-order valence-corrected chi connectivity index (χ1v) is 8.38. The van der Waals surface area contributed by atoms with Gasteiger partial charge in [0.1, 0.15) is 5.02 Å². The Morgan fingerprint density at radius 3 is 2.72 bits per heavy atom. The first kappa shape index (κ1) is 19.6. The van der Waals surface area contributed by atoms with Crippen LogP contribution >= 0.6 is 50.7 Å². The molecule has 0 spiro atoms. The molecule has 1 aromatic carbocycles. The van der Waals surface area contributed by atoms with Crippen molar-refractivity contribution in [2.75, 3.05) is 12.8 Å². The highest BCUT2D eigenvalue weighted by Crippen LogP contribution is 2.35. The molecule has 132 valence electrons. The molecular formula is C14H10BrCl3N4O3. The number of anilines is 1. The molecule has 2 aromatic rings. The number of nitrogens with one attached hydrogen (secondary N) is 1. The molecule has 1 amide bonds. The number of pyridine rings is 1. The zero-order valence-corrected chi connectivity index (χ0v) is 16.3. The molecule has 4 N–H and O–H groups in total. The van der Waals surface area contributed by atoms with E-state index in [1.807, 2.05) is 0 Å². The highest BCUT2D eigenvalue weighted by atomic mass is 79.9. The Morgan fingerprint density at radius 2 is 2.08 bits per heavy atom. The fourth-order valence-electron chi connectivity index (χ4n) is 1.72. The number of phenols is 1. The molecule has 0 fully saturated rings. The zero-order valence-electron chi connectivity index (χ0n) is 12.5. The lowest BCUT2D eigenvalue weighted by atomic mass is 10.2. The van der Waals surface area contributed by atoms with Crippen molar-refractivity contribution in [3.63, 3.8) is 0 Å². The van der Waals surface area contributed by atoms with E-state index in [0.717, 1.165) is 0 Å². The number of nitrogens with two attached hydrogens (primary N) is 1. The number of benzene rings is 1. The van der Waals surface area contributed by atoms with Crippen molar-refractivity contribution < 1.29 is 14.6 Å². The first-order chi connectivity index (χ1) is 11.8. The van der Waals surface area contributed by atoms with E-state index < -0.39 is 5.91 Å². The average Bonchev–Trinajstić information content (AvgIpc) is 2.58. The number of carbonyl (C=O) groups is 1. The SMILES string of the molecule is COc1cc(/C=N/NC(=O)c2nc(Cl)c(Cl)c(N)c2Cl)cc(Br)c1O. The second kappa shape index (κ2) is 8.09. The van der Waals surface area contributed by atoms with Gasteiger partial charge < -0.3 is 15.6 Å². The molecule has 0 aliphatic carbocycles. The summed E-state index contributed by atoms with van der Waals surface area (Å²) in [5, 5.41) is 13.2. The van der Waals surface area contributed by atoms with E-state index in [9.17, 15) is 9.90 Å². The van der Waals surface area contributed by atoms with Crippen LogP contribution in [0.3, 0.4) is 0 Å². The van der Waals surface area contributed by atoms with Gasteiger partial charge in [0.25, 0.3) is 5.91 Å². The van der Waals surface area contributed by atoms with E-state index in [1.54, 1.807) is 6.07 Å². The van der Waals surface area contributed by atoms with Crippen molar-refractivity contribution in [1.82, 2.24) is 10.4 Å². The van der Waals surface area contributed by atoms with Gasteiger partial charge in [-0.2, -0.15) is 5.10 Å². The van der Waals surface area contributed by atoms with E-state index in [0.29, 0.717) is 10.0 Å². The molecule has 0 aliphatic rings. The van der Waals surface area contributed by atoms with Crippen molar-refractivity contribution in [1.29, 1.82) is 0 Å². The third-order valence-corrected chi connectivity index (χ3v) is 4.68. The first-order valence-electron chi connectivity index (χ1n) is 6.46. The van der Waals surface area contributed by atoms with Crippen molar-refractivity contribution in [3.8, 4) is 11.5 Å². The second-order valence-corrected chi connectivity index (χ2v) is 6.51. The van der Waals surface area contributed by atoms with E-state index in [2.05, 4.69) is 31.4 Å². The van der Waals surface area contributed by atoms with Crippen LogP contribution in [0.2, 0.25) is 15.2 Å². The predicted molar refractivity (Wildman–Crippen MR) is 101 cm³/mol. The Morgan fingerprint density at radius 1 is 1.40 bits per heavy atom. The van der Waals surface area contributed by atoms with Gasteiger partial charge in [0.05, 0.1) is 28.5 Å². The van der Waals surface area contributed by atoms with Crippen molar-refractivity contribution in [3.05, 3.63) is 43.1 Å². The van der Waals surface area contributed by atoms with E-state index in [4.69, 9.17) is 45.3 Å². The maximum atomic E-state index is 12.1. The Balaban J connectivity index is 2.21. The van der Waals surface area contributed by atoms with Gasteiger partial charge in [-0.15, -0.1) is 0 Å². The van der Waals surface area contributed by atoms with E-state index in [1.165, 1.54) is 19.4 Å². The molecule has 0 atom stereocenters. The van der Waals surface area contributed by atoms with Crippen LogP contribution in [-0.4, -0.2) is 29.3 Å². The number of ether oxygens (including phenoxy) is 1. The highest BCUT2D eigenvalue weighted by Gasteiger charge is 2.19. The number of amides is 1. The van der Waals surface area contributed by atoms with Crippen LogP contribution in [0.1, 0.15) is 16.1 Å². The molecule has 25 heavy (non-hydrogen) atoms.